The maximum Gasteiger partial charge on any atom is 0.0396 e. The van der Waals surface area contributed by atoms with Crippen molar-refractivity contribution >= 4 is 21.6 Å². The molecule has 1 aromatic rings. The molecular weight excluding hydrogens is 288 g/mol. The normalized spacial score (nSPS) is 17.5. The van der Waals surface area contributed by atoms with Gasteiger partial charge in [-0.2, -0.15) is 0 Å². The lowest BCUT2D eigenvalue weighted by molar-refractivity contribution is 0.249. The van der Waals surface area contributed by atoms with E-state index < -0.39 is 0 Å². The van der Waals surface area contributed by atoms with Crippen LogP contribution in [0.3, 0.4) is 0 Å². The van der Waals surface area contributed by atoms with Crippen molar-refractivity contribution < 1.29 is 0 Å². The minimum atomic E-state index is 0.753. The third kappa shape index (κ3) is 3.07. The first-order chi connectivity index (χ1) is 8.61. The molecule has 0 N–H and O–H groups in total. The number of rotatable bonds is 3. The molecule has 0 unspecified atom stereocenters. The van der Waals surface area contributed by atoms with Crippen molar-refractivity contribution in [2.75, 3.05) is 32.1 Å². The van der Waals surface area contributed by atoms with Crippen LogP contribution in [0, 0.1) is 6.92 Å². The fraction of sp³-hybridized carbons (Fsp3) is 0.600. The standard InChI is InChI=1S/C15H23BrN2/c1-12-10-13(11-16)4-5-15(12)18-8-6-14(7-9-18)17(2)3/h4-5,10,14H,6-9,11H2,1-3H3. The van der Waals surface area contributed by atoms with Crippen molar-refractivity contribution in [3.8, 4) is 0 Å². The zero-order valence-corrected chi connectivity index (χ0v) is 13.2. The summed E-state index contributed by atoms with van der Waals surface area (Å²) >= 11 is 3.52. The van der Waals surface area contributed by atoms with Gasteiger partial charge in [-0.25, -0.2) is 0 Å². The van der Waals surface area contributed by atoms with Crippen molar-refractivity contribution in [3.63, 3.8) is 0 Å². The molecule has 100 valence electrons. The molecule has 0 bridgehead atoms. The SMILES string of the molecule is Cc1cc(CBr)ccc1N1CCC(N(C)C)CC1. The highest BCUT2D eigenvalue weighted by atomic mass is 79.9. The summed E-state index contributed by atoms with van der Waals surface area (Å²) in [6, 6.07) is 7.56. The summed E-state index contributed by atoms with van der Waals surface area (Å²) < 4.78 is 0. The predicted octanol–water partition coefficient (Wildman–Crippen LogP) is 3.42. The predicted molar refractivity (Wildman–Crippen MR) is 82.7 cm³/mol. The Balaban J connectivity index is 2.05. The summed E-state index contributed by atoms with van der Waals surface area (Å²) in [7, 11) is 4.38. The molecule has 2 nitrogen and oxygen atoms in total. The second-order valence-corrected chi connectivity index (χ2v) is 6.00. The van der Waals surface area contributed by atoms with Crippen LogP contribution in [-0.4, -0.2) is 38.1 Å². The zero-order valence-electron chi connectivity index (χ0n) is 11.6. The van der Waals surface area contributed by atoms with Crippen molar-refractivity contribution in [2.24, 2.45) is 0 Å². The molecule has 1 fully saturated rings. The summed E-state index contributed by atoms with van der Waals surface area (Å²) in [4.78, 5) is 4.89. The molecule has 0 atom stereocenters. The van der Waals surface area contributed by atoms with Gasteiger partial charge in [-0.1, -0.05) is 28.1 Å². The van der Waals surface area contributed by atoms with Crippen LogP contribution < -0.4 is 4.90 Å². The van der Waals surface area contributed by atoms with E-state index in [1.807, 2.05) is 0 Å². The van der Waals surface area contributed by atoms with E-state index in [2.05, 4.69) is 64.9 Å². The van der Waals surface area contributed by atoms with Gasteiger partial charge in [-0.15, -0.1) is 0 Å². The van der Waals surface area contributed by atoms with Gasteiger partial charge in [-0.3, -0.25) is 0 Å². The average Bonchev–Trinajstić information content (AvgIpc) is 2.38. The molecule has 1 aromatic carbocycles. The Morgan fingerprint density at radius 1 is 1.28 bits per heavy atom. The molecule has 1 aliphatic rings. The Hall–Kier alpha value is -0.540. The van der Waals surface area contributed by atoms with Crippen molar-refractivity contribution in [1.29, 1.82) is 0 Å². The van der Waals surface area contributed by atoms with Crippen molar-refractivity contribution in [2.45, 2.75) is 31.1 Å². The maximum absolute atomic E-state index is 3.52. The minimum absolute atomic E-state index is 0.753. The van der Waals surface area contributed by atoms with Crippen LogP contribution in [0.1, 0.15) is 24.0 Å². The smallest absolute Gasteiger partial charge is 0.0396 e. The number of piperidine rings is 1. The van der Waals surface area contributed by atoms with Gasteiger partial charge in [-0.05, 0) is 51.1 Å². The van der Waals surface area contributed by atoms with Crippen LogP contribution >= 0.6 is 15.9 Å². The number of aryl methyl sites for hydroxylation is 1. The van der Waals surface area contributed by atoms with E-state index in [9.17, 15) is 0 Å². The fourth-order valence-corrected chi connectivity index (χ4v) is 3.13. The highest BCUT2D eigenvalue weighted by Gasteiger charge is 2.21. The van der Waals surface area contributed by atoms with E-state index in [0.29, 0.717) is 0 Å². The number of hydrogen-bond acceptors (Lipinski definition) is 2. The van der Waals surface area contributed by atoms with Crippen LogP contribution in [0.25, 0.3) is 0 Å². The second kappa shape index (κ2) is 6.07. The van der Waals surface area contributed by atoms with E-state index in [1.54, 1.807) is 0 Å². The lowest BCUT2D eigenvalue weighted by Crippen LogP contribution is -2.42. The molecule has 1 saturated heterocycles. The van der Waals surface area contributed by atoms with E-state index >= 15 is 0 Å². The Labute approximate surface area is 119 Å². The summed E-state index contributed by atoms with van der Waals surface area (Å²) in [5.41, 5.74) is 4.17. The second-order valence-electron chi connectivity index (χ2n) is 5.44. The quantitative estimate of drug-likeness (QED) is 0.789. The number of halogens is 1. The maximum atomic E-state index is 3.52. The van der Waals surface area contributed by atoms with Crippen LogP contribution in [0.5, 0.6) is 0 Å². The Kier molecular flexibility index (Phi) is 4.68. The molecule has 0 radical (unpaired) electrons. The fourth-order valence-electron chi connectivity index (χ4n) is 2.78. The van der Waals surface area contributed by atoms with Gasteiger partial charge in [0.25, 0.3) is 0 Å². The Morgan fingerprint density at radius 2 is 1.94 bits per heavy atom. The monoisotopic (exact) mass is 310 g/mol. The molecule has 18 heavy (non-hydrogen) atoms. The topological polar surface area (TPSA) is 6.48 Å². The van der Waals surface area contributed by atoms with Gasteiger partial charge in [0.2, 0.25) is 0 Å². The van der Waals surface area contributed by atoms with Gasteiger partial charge in [0.1, 0.15) is 0 Å². The van der Waals surface area contributed by atoms with Crippen LogP contribution in [0.2, 0.25) is 0 Å². The number of hydrogen-bond donors (Lipinski definition) is 0. The Bertz CT molecular complexity index is 395. The van der Waals surface area contributed by atoms with Gasteiger partial charge in [0.05, 0.1) is 0 Å². The molecule has 3 heteroatoms. The summed E-state index contributed by atoms with van der Waals surface area (Å²) in [5.74, 6) is 0. The number of nitrogens with zero attached hydrogens (tertiary/aromatic N) is 2. The summed E-state index contributed by atoms with van der Waals surface area (Å²) in [6.45, 7) is 4.58. The molecule has 0 saturated carbocycles. The van der Waals surface area contributed by atoms with E-state index in [1.165, 1.54) is 42.7 Å². The van der Waals surface area contributed by atoms with Crippen molar-refractivity contribution in [1.82, 2.24) is 4.90 Å². The number of benzene rings is 1. The lowest BCUT2D eigenvalue weighted by atomic mass is 10.0. The van der Waals surface area contributed by atoms with Gasteiger partial charge in [0, 0.05) is 30.1 Å². The summed E-state index contributed by atoms with van der Waals surface area (Å²) in [5, 5.41) is 0.941. The van der Waals surface area contributed by atoms with E-state index in [4.69, 9.17) is 0 Å². The molecule has 0 aromatic heterocycles. The van der Waals surface area contributed by atoms with E-state index in [0.717, 1.165) is 11.4 Å². The van der Waals surface area contributed by atoms with Gasteiger partial charge in [0.15, 0.2) is 0 Å². The first-order valence-electron chi connectivity index (χ1n) is 6.68. The van der Waals surface area contributed by atoms with Crippen LogP contribution in [0.15, 0.2) is 18.2 Å². The molecular formula is C15H23BrN2. The largest absolute Gasteiger partial charge is 0.371 e. The number of anilines is 1. The minimum Gasteiger partial charge on any atom is -0.371 e. The third-order valence-corrected chi connectivity index (χ3v) is 4.60. The lowest BCUT2D eigenvalue weighted by Gasteiger charge is -2.37. The van der Waals surface area contributed by atoms with Crippen LogP contribution in [0.4, 0.5) is 5.69 Å². The molecule has 2 rings (SSSR count). The first kappa shape index (κ1) is 13.9. The molecule has 1 aliphatic heterocycles. The van der Waals surface area contributed by atoms with Gasteiger partial charge < -0.3 is 9.80 Å². The molecule has 0 aliphatic carbocycles. The molecule has 0 spiro atoms. The van der Waals surface area contributed by atoms with Gasteiger partial charge >= 0.3 is 0 Å². The number of alkyl halides is 1. The van der Waals surface area contributed by atoms with Crippen molar-refractivity contribution in [3.05, 3.63) is 29.3 Å². The third-order valence-electron chi connectivity index (χ3n) is 3.95. The zero-order chi connectivity index (χ0) is 13.1. The Morgan fingerprint density at radius 3 is 2.44 bits per heavy atom. The first-order valence-corrected chi connectivity index (χ1v) is 7.81. The van der Waals surface area contributed by atoms with E-state index in [-0.39, 0.29) is 0 Å². The highest BCUT2D eigenvalue weighted by Crippen LogP contribution is 2.26. The highest BCUT2D eigenvalue weighted by molar-refractivity contribution is 9.08. The molecule has 1 heterocycles. The average molecular weight is 311 g/mol. The summed E-state index contributed by atoms with van der Waals surface area (Å²) in [6.07, 6.45) is 2.54. The molecule has 0 amide bonds. The van der Waals surface area contributed by atoms with Crippen LogP contribution in [-0.2, 0) is 5.33 Å².